The summed E-state index contributed by atoms with van der Waals surface area (Å²) in [7, 11) is 0. The Balaban J connectivity index is 0.00000245. The smallest absolute Gasteiger partial charge is 0.285 e. The number of nitrogens with zero attached hydrogens (tertiary/aromatic N) is 3. The van der Waals surface area contributed by atoms with E-state index < -0.39 is 0 Å². The number of nitrogens with one attached hydrogen (secondary N) is 1. The minimum Gasteiger partial charge on any atom is -0.299 e. The van der Waals surface area contributed by atoms with Crippen molar-refractivity contribution in [1.29, 1.82) is 0 Å². The van der Waals surface area contributed by atoms with Crippen LogP contribution >= 0.6 is 47.2 Å². The molecule has 2 heterocycles. The third-order valence-corrected chi connectivity index (χ3v) is 7.00. The Morgan fingerprint density at radius 1 is 0.969 bits per heavy atom. The first-order valence-electron chi connectivity index (χ1n) is 10.3. The van der Waals surface area contributed by atoms with Crippen molar-refractivity contribution in [1.82, 2.24) is 20.0 Å². The summed E-state index contributed by atoms with van der Waals surface area (Å²) in [6.45, 7) is 1.81. The Kier molecular flexibility index (Phi) is 7.03. The first kappa shape index (κ1) is 23.4. The molecule has 0 spiro atoms. The number of hydrogen-bond acceptors (Lipinski definition) is 3. The Labute approximate surface area is 208 Å². The highest BCUT2D eigenvalue weighted by atomic mass is 35.5. The summed E-state index contributed by atoms with van der Waals surface area (Å²) < 4.78 is 1.85. The molecule has 2 aromatic carbocycles. The van der Waals surface area contributed by atoms with Crippen LogP contribution < -0.4 is 5.43 Å². The van der Waals surface area contributed by atoms with Crippen LogP contribution in [0.2, 0.25) is 15.1 Å². The standard InChI is InChI=1S/C23H21Cl3N4O.ClH/c24-16-4-7-18(8-5-16)30-13-21(27-22(30)19-9-6-17(25)10-20(19)26)23(31)28-29-11-14-2-1-3-15(14)12-29;/h4-10,13-15H,1-3,11-12H2,(H,28,31);1H. The molecule has 1 N–H and O–H groups in total. The van der Waals surface area contributed by atoms with Crippen LogP contribution in [0.15, 0.2) is 48.7 Å². The molecule has 1 aromatic heterocycles. The molecule has 1 aliphatic heterocycles. The lowest BCUT2D eigenvalue weighted by molar-refractivity contribution is 0.0809. The van der Waals surface area contributed by atoms with E-state index in [1.54, 1.807) is 30.5 Å². The first-order valence-corrected chi connectivity index (χ1v) is 11.5. The molecular weight excluding hydrogens is 490 g/mol. The van der Waals surface area contributed by atoms with E-state index in [4.69, 9.17) is 34.8 Å². The van der Waals surface area contributed by atoms with E-state index >= 15 is 0 Å². The van der Waals surface area contributed by atoms with Crippen LogP contribution in [0.3, 0.4) is 0 Å². The fraction of sp³-hybridized carbons (Fsp3) is 0.304. The first-order chi connectivity index (χ1) is 15.0. The van der Waals surface area contributed by atoms with Crippen molar-refractivity contribution in [2.24, 2.45) is 11.8 Å². The van der Waals surface area contributed by atoms with Gasteiger partial charge in [-0.05, 0) is 67.1 Å². The summed E-state index contributed by atoms with van der Waals surface area (Å²) in [4.78, 5) is 17.7. The van der Waals surface area contributed by atoms with Gasteiger partial charge in [-0.25, -0.2) is 9.99 Å². The van der Waals surface area contributed by atoms with Crippen LogP contribution in [-0.4, -0.2) is 33.6 Å². The molecule has 168 valence electrons. The second-order valence-electron chi connectivity index (χ2n) is 8.22. The van der Waals surface area contributed by atoms with Gasteiger partial charge in [-0.2, -0.15) is 0 Å². The fourth-order valence-corrected chi connectivity index (χ4v) is 5.30. The van der Waals surface area contributed by atoms with Crippen LogP contribution in [0.1, 0.15) is 29.8 Å². The molecule has 1 saturated carbocycles. The maximum absolute atomic E-state index is 13.0. The maximum atomic E-state index is 13.0. The summed E-state index contributed by atoms with van der Waals surface area (Å²) in [6, 6.07) is 12.6. The van der Waals surface area contributed by atoms with E-state index in [0.717, 1.165) is 18.8 Å². The van der Waals surface area contributed by atoms with Crippen LogP contribution in [0, 0.1) is 11.8 Å². The van der Waals surface area contributed by atoms with Gasteiger partial charge in [0.25, 0.3) is 5.91 Å². The van der Waals surface area contributed by atoms with E-state index in [1.807, 2.05) is 27.8 Å². The Morgan fingerprint density at radius 2 is 1.62 bits per heavy atom. The number of amides is 1. The molecule has 1 amide bonds. The van der Waals surface area contributed by atoms with Gasteiger partial charge < -0.3 is 0 Å². The summed E-state index contributed by atoms with van der Waals surface area (Å²) in [5.74, 6) is 1.72. The highest BCUT2D eigenvalue weighted by Crippen LogP contribution is 2.37. The molecule has 3 aromatic rings. The average molecular weight is 512 g/mol. The topological polar surface area (TPSA) is 50.2 Å². The Morgan fingerprint density at radius 3 is 2.28 bits per heavy atom. The maximum Gasteiger partial charge on any atom is 0.285 e. The summed E-state index contributed by atoms with van der Waals surface area (Å²) in [5, 5.41) is 3.67. The largest absolute Gasteiger partial charge is 0.299 e. The van der Waals surface area contributed by atoms with Crippen molar-refractivity contribution in [3.8, 4) is 17.1 Å². The number of fused-ring (bicyclic) bond motifs is 1. The van der Waals surface area contributed by atoms with Crippen LogP contribution in [0.4, 0.5) is 0 Å². The second kappa shape index (κ2) is 9.62. The second-order valence-corrected chi connectivity index (χ2v) is 9.50. The predicted molar refractivity (Wildman–Crippen MR) is 131 cm³/mol. The summed E-state index contributed by atoms with van der Waals surface area (Å²) >= 11 is 18.6. The molecule has 1 saturated heterocycles. The highest BCUT2D eigenvalue weighted by Gasteiger charge is 2.37. The average Bonchev–Trinajstić information content (AvgIpc) is 3.43. The van der Waals surface area contributed by atoms with Crippen molar-refractivity contribution < 1.29 is 4.79 Å². The van der Waals surface area contributed by atoms with Crippen molar-refractivity contribution in [3.63, 3.8) is 0 Å². The van der Waals surface area contributed by atoms with E-state index in [0.29, 0.717) is 44.0 Å². The number of carbonyl (C=O) groups excluding carboxylic acids is 1. The van der Waals surface area contributed by atoms with Crippen LogP contribution in [0.5, 0.6) is 0 Å². The molecule has 9 heteroatoms. The Hall–Kier alpha value is -1.76. The van der Waals surface area contributed by atoms with E-state index in [9.17, 15) is 4.79 Å². The number of benzene rings is 2. The molecule has 32 heavy (non-hydrogen) atoms. The zero-order valence-corrected chi connectivity index (χ0v) is 20.2. The zero-order chi connectivity index (χ0) is 21.5. The molecule has 5 nitrogen and oxygen atoms in total. The lowest BCUT2D eigenvalue weighted by Gasteiger charge is -2.17. The van der Waals surface area contributed by atoms with E-state index in [1.165, 1.54) is 19.3 Å². The lowest BCUT2D eigenvalue weighted by atomic mass is 10.0. The van der Waals surface area contributed by atoms with Crippen molar-refractivity contribution in [2.75, 3.05) is 13.1 Å². The van der Waals surface area contributed by atoms with Gasteiger partial charge in [0, 0.05) is 40.6 Å². The number of aromatic nitrogens is 2. The number of halogens is 4. The molecule has 0 radical (unpaired) electrons. The number of hydrazine groups is 1. The fourth-order valence-electron chi connectivity index (χ4n) is 4.68. The van der Waals surface area contributed by atoms with Crippen LogP contribution in [-0.2, 0) is 0 Å². The molecular formula is C23H22Cl4N4O. The molecule has 2 fully saturated rings. The van der Waals surface area contributed by atoms with Gasteiger partial charge in [-0.15, -0.1) is 12.4 Å². The summed E-state index contributed by atoms with van der Waals surface area (Å²) in [6.07, 6.45) is 5.53. The summed E-state index contributed by atoms with van der Waals surface area (Å²) in [5.41, 5.74) is 4.89. The quantitative estimate of drug-likeness (QED) is 0.447. The van der Waals surface area contributed by atoms with Gasteiger partial charge in [-0.3, -0.25) is 14.8 Å². The minimum absolute atomic E-state index is 0. The SMILES string of the molecule is Cl.O=C(NN1CC2CCCC2C1)c1cn(-c2ccc(Cl)cc2)c(-c2ccc(Cl)cc2Cl)n1. The Bertz CT molecular complexity index is 1120. The van der Waals surface area contributed by atoms with Crippen molar-refractivity contribution in [3.05, 3.63) is 69.4 Å². The molecule has 0 bridgehead atoms. The van der Waals surface area contributed by atoms with Gasteiger partial charge in [0.15, 0.2) is 0 Å². The van der Waals surface area contributed by atoms with E-state index in [-0.39, 0.29) is 18.3 Å². The zero-order valence-electron chi connectivity index (χ0n) is 17.1. The van der Waals surface area contributed by atoms with Gasteiger partial charge in [0.2, 0.25) is 0 Å². The van der Waals surface area contributed by atoms with Gasteiger partial charge >= 0.3 is 0 Å². The molecule has 5 rings (SSSR count). The van der Waals surface area contributed by atoms with Gasteiger partial charge in [-0.1, -0.05) is 41.2 Å². The highest BCUT2D eigenvalue weighted by molar-refractivity contribution is 6.36. The van der Waals surface area contributed by atoms with Crippen LogP contribution in [0.25, 0.3) is 17.1 Å². The molecule has 2 unspecified atom stereocenters. The third kappa shape index (κ3) is 4.63. The minimum atomic E-state index is -0.223. The molecule has 2 atom stereocenters. The predicted octanol–water partition coefficient (Wildman–Crippen LogP) is 6.30. The molecule has 2 aliphatic rings. The monoisotopic (exact) mass is 510 g/mol. The number of hydrogen-bond donors (Lipinski definition) is 1. The number of imidazole rings is 1. The normalized spacial score (nSPS) is 20.1. The van der Waals surface area contributed by atoms with Crippen molar-refractivity contribution in [2.45, 2.75) is 19.3 Å². The number of rotatable bonds is 4. The lowest BCUT2D eigenvalue weighted by Crippen LogP contribution is -2.41. The van der Waals surface area contributed by atoms with E-state index in [2.05, 4.69) is 10.4 Å². The van der Waals surface area contributed by atoms with Gasteiger partial charge in [0.1, 0.15) is 11.5 Å². The van der Waals surface area contributed by atoms with Crippen molar-refractivity contribution >= 4 is 53.1 Å². The number of carbonyl (C=O) groups is 1. The van der Waals surface area contributed by atoms with Gasteiger partial charge in [0.05, 0.1) is 5.02 Å². The third-order valence-electron chi connectivity index (χ3n) is 6.20. The molecule has 1 aliphatic carbocycles.